The highest BCUT2D eigenvalue weighted by Crippen LogP contribution is 2.21. The van der Waals surface area contributed by atoms with Gasteiger partial charge >= 0.3 is 0 Å². The maximum atomic E-state index is 5.37. The zero-order valence-electron chi connectivity index (χ0n) is 11.9. The van der Waals surface area contributed by atoms with Crippen LogP contribution in [-0.2, 0) is 0 Å². The van der Waals surface area contributed by atoms with Crippen molar-refractivity contribution >= 4 is 5.69 Å². The van der Waals surface area contributed by atoms with Gasteiger partial charge in [-0.2, -0.15) is 5.10 Å². The second kappa shape index (κ2) is 6.42. The number of nitrogens with one attached hydrogen (secondary N) is 1. The van der Waals surface area contributed by atoms with Crippen LogP contribution < -0.4 is 5.32 Å². The molecular formula is C16H19N5. The Kier molecular flexibility index (Phi) is 4.17. The van der Waals surface area contributed by atoms with Gasteiger partial charge in [-0.25, -0.2) is 9.67 Å². The Labute approximate surface area is 125 Å². The molecule has 3 heterocycles. The summed E-state index contributed by atoms with van der Waals surface area (Å²) in [6, 6.07) is 6.36. The van der Waals surface area contributed by atoms with E-state index >= 15 is 0 Å². The van der Waals surface area contributed by atoms with Crippen LogP contribution in [0.25, 0.3) is 5.82 Å². The van der Waals surface area contributed by atoms with Crippen LogP contribution in [-0.4, -0.2) is 45.3 Å². The van der Waals surface area contributed by atoms with Crippen molar-refractivity contribution in [2.45, 2.75) is 18.9 Å². The highest BCUT2D eigenvalue weighted by atomic mass is 15.3. The maximum Gasteiger partial charge on any atom is 0.176 e. The van der Waals surface area contributed by atoms with Crippen LogP contribution in [0.4, 0.5) is 5.69 Å². The number of hydrogen-bond donors (Lipinski definition) is 1. The maximum absolute atomic E-state index is 5.37. The first-order valence-electron chi connectivity index (χ1n) is 7.24. The molecule has 2 aromatic heterocycles. The number of pyridine rings is 1. The Morgan fingerprint density at radius 1 is 1.29 bits per heavy atom. The molecule has 21 heavy (non-hydrogen) atoms. The second-order valence-electron chi connectivity index (χ2n) is 5.22. The average Bonchev–Trinajstić information content (AvgIpc) is 3.04. The Morgan fingerprint density at radius 2 is 2.14 bits per heavy atom. The van der Waals surface area contributed by atoms with Crippen LogP contribution in [0, 0.1) is 12.3 Å². The Morgan fingerprint density at radius 3 is 2.86 bits per heavy atom. The summed E-state index contributed by atoms with van der Waals surface area (Å²) in [7, 11) is 0. The summed E-state index contributed by atoms with van der Waals surface area (Å²) in [5.74, 6) is 3.55. The van der Waals surface area contributed by atoms with Crippen LogP contribution in [0.5, 0.6) is 0 Å². The van der Waals surface area contributed by atoms with Gasteiger partial charge in [0.1, 0.15) is 0 Å². The predicted molar refractivity (Wildman–Crippen MR) is 83.3 cm³/mol. The van der Waals surface area contributed by atoms with Crippen molar-refractivity contribution in [2.24, 2.45) is 0 Å². The fourth-order valence-electron chi connectivity index (χ4n) is 2.67. The van der Waals surface area contributed by atoms with E-state index in [9.17, 15) is 0 Å². The lowest BCUT2D eigenvalue weighted by molar-refractivity contribution is 0.243. The highest BCUT2D eigenvalue weighted by molar-refractivity contribution is 5.56. The zero-order chi connectivity index (χ0) is 14.5. The molecule has 0 spiro atoms. The van der Waals surface area contributed by atoms with Crippen LogP contribution >= 0.6 is 0 Å². The van der Waals surface area contributed by atoms with Gasteiger partial charge in [-0.15, -0.1) is 6.42 Å². The minimum absolute atomic E-state index is 0.456. The summed E-state index contributed by atoms with van der Waals surface area (Å²) in [4.78, 5) is 6.75. The normalized spacial score (nSPS) is 16.5. The number of piperidine rings is 1. The molecule has 1 fully saturated rings. The van der Waals surface area contributed by atoms with E-state index in [2.05, 4.69) is 32.3 Å². The van der Waals surface area contributed by atoms with E-state index in [0.717, 1.165) is 44.0 Å². The summed E-state index contributed by atoms with van der Waals surface area (Å²) in [6.45, 7) is 2.83. The lowest BCUT2D eigenvalue weighted by Crippen LogP contribution is -2.39. The van der Waals surface area contributed by atoms with Gasteiger partial charge in [-0.3, -0.25) is 4.90 Å². The third-order valence-corrected chi connectivity index (χ3v) is 3.77. The van der Waals surface area contributed by atoms with Crippen molar-refractivity contribution in [1.82, 2.24) is 19.7 Å². The quantitative estimate of drug-likeness (QED) is 0.868. The summed E-state index contributed by atoms with van der Waals surface area (Å²) in [5, 5.41) is 7.86. The molecule has 0 amide bonds. The largest absolute Gasteiger partial charge is 0.379 e. The van der Waals surface area contributed by atoms with Gasteiger partial charge in [0.05, 0.1) is 12.2 Å². The molecule has 0 saturated carbocycles. The lowest BCUT2D eigenvalue weighted by atomic mass is 10.0. The third kappa shape index (κ3) is 3.23. The molecule has 1 saturated heterocycles. The molecule has 108 valence electrons. The number of likely N-dealkylation sites (tertiary alicyclic amines) is 1. The van der Waals surface area contributed by atoms with Gasteiger partial charge in [0, 0.05) is 37.7 Å². The molecule has 0 atom stereocenters. The van der Waals surface area contributed by atoms with Gasteiger partial charge in [-0.1, -0.05) is 5.92 Å². The topological polar surface area (TPSA) is 46.0 Å². The van der Waals surface area contributed by atoms with E-state index in [1.807, 2.05) is 18.3 Å². The van der Waals surface area contributed by atoms with Crippen molar-refractivity contribution < 1.29 is 0 Å². The van der Waals surface area contributed by atoms with Gasteiger partial charge < -0.3 is 5.32 Å². The molecule has 0 radical (unpaired) electrons. The monoisotopic (exact) mass is 281 g/mol. The Balaban J connectivity index is 1.68. The molecule has 5 heteroatoms. The molecule has 1 aliphatic rings. The van der Waals surface area contributed by atoms with E-state index in [-0.39, 0.29) is 0 Å². The molecule has 1 aliphatic heterocycles. The molecule has 0 aromatic carbocycles. The van der Waals surface area contributed by atoms with Gasteiger partial charge in [0.15, 0.2) is 5.82 Å². The summed E-state index contributed by atoms with van der Waals surface area (Å²) in [5.41, 5.74) is 1.02. The summed E-state index contributed by atoms with van der Waals surface area (Å²) >= 11 is 0. The highest BCUT2D eigenvalue weighted by Gasteiger charge is 2.19. The molecule has 2 aromatic rings. The minimum Gasteiger partial charge on any atom is -0.379 e. The molecule has 3 rings (SSSR count). The van der Waals surface area contributed by atoms with E-state index < -0.39 is 0 Å². The van der Waals surface area contributed by atoms with E-state index in [0.29, 0.717) is 6.04 Å². The zero-order valence-corrected chi connectivity index (χ0v) is 11.9. The van der Waals surface area contributed by atoms with E-state index in [1.165, 1.54) is 0 Å². The van der Waals surface area contributed by atoms with Crippen LogP contribution in [0.2, 0.25) is 0 Å². The number of rotatable bonds is 4. The average molecular weight is 281 g/mol. The summed E-state index contributed by atoms with van der Waals surface area (Å²) in [6.07, 6.45) is 13.0. The summed E-state index contributed by atoms with van der Waals surface area (Å²) < 4.78 is 1.79. The van der Waals surface area contributed by atoms with Crippen molar-refractivity contribution in [3.63, 3.8) is 0 Å². The number of nitrogens with zero attached hydrogens (tertiary/aromatic N) is 4. The van der Waals surface area contributed by atoms with Crippen molar-refractivity contribution in [3.05, 3.63) is 36.8 Å². The molecule has 0 aliphatic carbocycles. The first-order valence-corrected chi connectivity index (χ1v) is 7.24. The van der Waals surface area contributed by atoms with Gasteiger partial charge in [0.2, 0.25) is 0 Å². The van der Waals surface area contributed by atoms with Crippen molar-refractivity contribution in [1.29, 1.82) is 0 Å². The van der Waals surface area contributed by atoms with Gasteiger partial charge in [0.25, 0.3) is 0 Å². The molecular weight excluding hydrogens is 262 g/mol. The lowest BCUT2D eigenvalue weighted by Gasteiger charge is -2.31. The fourth-order valence-corrected chi connectivity index (χ4v) is 2.67. The number of terminal acetylenes is 1. The minimum atomic E-state index is 0.456. The number of hydrogen-bond acceptors (Lipinski definition) is 4. The number of aromatic nitrogens is 3. The molecule has 1 N–H and O–H groups in total. The molecule has 0 unspecified atom stereocenters. The Bertz CT molecular complexity index is 606. The van der Waals surface area contributed by atoms with Crippen molar-refractivity contribution in [3.8, 4) is 18.2 Å². The van der Waals surface area contributed by atoms with Crippen molar-refractivity contribution in [2.75, 3.05) is 25.0 Å². The predicted octanol–water partition coefficient (Wildman–Crippen LogP) is 1.78. The third-order valence-electron chi connectivity index (χ3n) is 3.77. The van der Waals surface area contributed by atoms with Crippen LogP contribution in [0.3, 0.4) is 0 Å². The first-order chi connectivity index (χ1) is 10.4. The number of anilines is 1. The first kappa shape index (κ1) is 13.7. The molecule has 5 nitrogen and oxygen atoms in total. The Hall–Kier alpha value is -2.32. The smallest absolute Gasteiger partial charge is 0.176 e. The van der Waals surface area contributed by atoms with Gasteiger partial charge in [-0.05, 0) is 31.0 Å². The van der Waals surface area contributed by atoms with E-state index in [1.54, 1.807) is 17.1 Å². The standard InChI is InChI=1S/C16H19N5/c1-2-10-20-12-6-14(7-13-20)19-15-5-3-8-17-16(15)21-11-4-9-18-21/h1,3-5,8-9,11,14,19H,6-7,10,12-13H2. The van der Waals surface area contributed by atoms with Crippen LogP contribution in [0.1, 0.15) is 12.8 Å². The van der Waals surface area contributed by atoms with E-state index in [4.69, 9.17) is 6.42 Å². The SMILES string of the molecule is C#CCN1CCC(Nc2cccnc2-n2cccn2)CC1. The molecule has 0 bridgehead atoms. The van der Waals surface area contributed by atoms with Crippen LogP contribution in [0.15, 0.2) is 36.8 Å². The second-order valence-corrected chi connectivity index (χ2v) is 5.22. The fraction of sp³-hybridized carbons (Fsp3) is 0.375.